The molecule has 0 bridgehead atoms. The Balaban J connectivity index is 0.00000400. The van der Waals surface area contributed by atoms with Gasteiger partial charge in [0.1, 0.15) is 5.75 Å². The first-order valence-electron chi connectivity index (χ1n) is 7.26. The van der Waals surface area contributed by atoms with E-state index in [2.05, 4.69) is 35.2 Å². The maximum atomic E-state index is 5.36. The quantitative estimate of drug-likeness (QED) is 0.430. The third kappa shape index (κ3) is 7.02. The van der Waals surface area contributed by atoms with Crippen LogP contribution in [0.15, 0.2) is 29.3 Å². The molecule has 1 aromatic rings. The van der Waals surface area contributed by atoms with E-state index in [0.29, 0.717) is 0 Å². The lowest BCUT2D eigenvalue weighted by Gasteiger charge is -2.22. The van der Waals surface area contributed by atoms with Gasteiger partial charge in [0.05, 0.1) is 7.11 Å². The number of unbranched alkanes of at least 4 members (excludes halogenated alkanes) is 1. The van der Waals surface area contributed by atoms with E-state index >= 15 is 0 Å². The second-order valence-corrected chi connectivity index (χ2v) is 4.81. The summed E-state index contributed by atoms with van der Waals surface area (Å²) in [5.74, 6) is 1.90. The number of hydrogen-bond acceptors (Lipinski definition) is 2. The molecule has 0 saturated heterocycles. The van der Waals surface area contributed by atoms with Crippen molar-refractivity contribution in [2.45, 2.75) is 26.2 Å². The second kappa shape index (κ2) is 11.7. The van der Waals surface area contributed by atoms with Crippen molar-refractivity contribution in [3.05, 3.63) is 29.8 Å². The molecule has 0 amide bonds. The molecule has 1 N–H and O–H groups in total. The minimum absolute atomic E-state index is 0. The standard InChI is InChI=1S/C16H27N3O.HI/c1-5-6-13-19(3)16(17-2)18-12-11-14-9-7-8-10-15(14)20-4;/h7-10H,5-6,11-13H2,1-4H3,(H,17,18);1H. The molecule has 5 heteroatoms. The minimum Gasteiger partial charge on any atom is -0.496 e. The maximum absolute atomic E-state index is 5.36. The average Bonchev–Trinajstić information content (AvgIpc) is 2.49. The summed E-state index contributed by atoms with van der Waals surface area (Å²) in [5, 5.41) is 3.40. The van der Waals surface area contributed by atoms with Crippen LogP contribution in [0.3, 0.4) is 0 Å². The monoisotopic (exact) mass is 405 g/mol. The van der Waals surface area contributed by atoms with E-state index in [1.54, 1.807) is 7.11 Å². The molecule has 120 valence electrons. The summed E-state index contributed by atoms with van der Waals surface area (Å²) in [5.41, 5.74) is 1.22. The molecular weight excluding hydrogens is 377 g/mol. The van der Waals surface area contributed by atoms with Crippen LogP contribution in [0.5, 0.6) is 5.75 Å². The van der Waals surface area contributed by atoms with Crippen LogP contribution in [-0.4, -0.2) is 45.2 Å². The summed E-state index contributed by atoms with van der Waals surface area (Å²) in [6.45, 7) is 4.08. The lowest BCUT2D eigenvalue weighted by Crippen LogP contribution is -2.40. The van der Waals surface area contributed by atoms with E-state index in [4.69, 9.17) is 4.74 Å². The predicted molar refractivity (Wildman–Crippen MR) is 101 cm³/mol. The molecule has 0 aliphatic rings. The molecule has 1 rings (SSSR count). The van der Waals surface area contributed by atoms with Crippen LogP contribution >= 0.6 is 24.0 Å². The Labute approximate surface area is 146 Å². The molecule has 1 aromatic carbocycles. The zero-order valence-electron chi connectivity index (χ0n) is 13.6. The Bertz CT molecular complexity index is 424. The fraction of sp³-hybridized carbons (Fsp3) is 0.562. The maximum Gasteiger partial charge on any atom is 0.193 e. The molecule has 0 fully saturated rings. The first kappa shape index (κ1) is 20.0. The molecule has 4 nitrogen and oxygen atoms in total. The summed E-state index contributed by atoms with van der Waals surface area (Å²) in [6, 6.07) is 8.13. The van der Waals surface area contributed by atoms with Crippen molar-refractivity contribution in [1.82, 2.24) is 10.2 Å². The first-order valence-corrected chi connectivity index (χ1v) is 7.26. The number of guanidine groups is 1. The van der Waals surface area contributed by atoms with E-state index in [-0.39, 0.29) is 24.0 Å². The molecule has 0 atom stereocenters. The summed E-state index contributed by atoms with van der Waals surface area (Å²) in [6.07, 6.45) is 3.30. The van der Waals surface area contributed by atoms with Gasteiger partial charge >= 0.3 is 0 Å². The Morgan fingerprint density at radius 1 is 1.33 bits per heavy atom. The van der Waals surface area contributed by atoms with Crippen LogP contribution in [0, 0.1) is 0 Å². The van der Waals surface area contributed by atoms with Gasteiger partial charge < -0.3 is 15.0 Å². The van der Waals surface area contributed by atoms with E-state index in [9.17, 15) is 0 Å². The van der Waals surface area contributed by atoms with Crippen molar-refractivity contribution in [1.29, 1.82) is 0 Å². The van der Waals surface area contributed by atoms with Gasteiger partial charge in [0.2, 0.25) is 0 Å². The van der Waals surface area contributed by atoms with Crippen LogP contribution in [-0.2, 0) is 6.42 Å². The van der Waals surface area contributed by atoms with Crippen molar-refractivity contribution in [3.63, 3.8) is 0 Å². The number of para-hydroxylation sites is 1. The molecular formula is C16H28IN3O. The third-order valence-electron chi connectivity index (χ3n) is 3.29. The van der Waals surface area contributed by atoms with Gasteiger partial charge in [0.15, 0.2) is 5.96 Å². The highest BCUT2D eigenvalue weighted by Gasteiger charge is 2.06. The van der Waals surface area contributed by atoms with Gasteiger partial charge in [0, 0.05) is 27.2 Å². The van der Waals surface area contributed by atoms with Crippen molar-refractivity contribution >= 4 is 29.9 Å². The first-order chi connectivity index (χ1) is 9.72. The number of ether oxygens (including phenoxy) is 1. The van der Waals surface area contributed by atoms with Gasteiger partial charge in [-0.3, -0.25) is 4.99 Å². The molecule has 0 aliphatic heterocycles. The van der Waals surface area contributed by atoms with Gasteiger partial charge in [-0.15, -0.1) is 24.0 Å². The van der Waals surface area contributed by atoms with Crippen molar-refractivity contribution in [2.24, 2.45) is 4.99 Å². The van der Waals surface area contributed by atoms with Gasteiger partial charge in [0.25, 0.3) is 0 Å². The normalized spacial score (nSPS) is 10.8. The smallest absolute Gasteiger partial charge is 0.193 e. The van der Waals surface area contributed by atoms with Crippen LogP contribution < -0.4 is 10.1 Å². The Morgan fingerprint density at radius 3 is 2.67 bits per heavy atom. The third-order valence-corrected chi connectivity index (χ3v) is 3.29. The number of nitrogens with zero attached hydrogens (tertiary/aromatic N) is 2. The summed E-state index contributed by atoms with van der Waals surface area (Å²) in [4.78, 5) is 6.49. The summed E-state index contributed by atoms with van der Waals surface area (Å²) in [7, 11) is 5.62. The lowest BCUT2D eigenvalue weighted by molar-refractivity contribution is 0.409. The van der Waals surface area contributed by atoms with Crippen LogP contribution in [0.1, 0.15) is 25.3 Å². The van der Waals surface area contributed by atoms with Crippen LogP contribution in [0.2, 0.25) is 0 Å². The van der Waals surface area contributed by atoms with Crippen molar-refractivity contribution in [2.75, 3.05) is 34.3 Å². The van der Waals surface area contributed by atoms with Gasteiger partial charge in [-0.25, -0.2) is 0 Å². The SMILES string of the molecule is CCCCN(C)C(=NC)NCCc1ccccc1OC.I. The molecule has 0 unspecified atom stereocenters. The number of benzene rings is 1. The molecule has 0 heterocycles. The van der Waals surface area contributed by atoms with E-state index in [1.165, 1.54) is 18.4 Å². The van der Waals surface area contributed by atoms with Crippen LogP contribution in [0.25, 0.3) is 0 Å². The Morgan fingerprint density at radius 2 is 2.05 bits per heavy atom. The Hall–Kier alpha value is -0.980. The van der Waals surface area contributed by atoms with Crippen molar-refractivity contribution < 1.29 is 4.74 Å². The van der Waals surface area contributed by atoms with Gasteiger partial charge in [-0.05, 0) is 24.5 Å². The summed E-state index contributed by atoms with van der Waals surface area (Å²) < 4.78 is 5.36. The average molecular weight is 405 g/mol. The lowest BCUT2D eigenvalue weighted by atomic mass is 10.1. The number of hydrogen-bond donors (Lipinski definition) is 1. The minimum atomic E-state index is 0. The van der Waals surface area contributed by atoms with E-state index in [0.717, 1.165) is 31.2 Å². The highest BCUT2D eigenvalue weighted by Crippen LogP contribution is 2.17. The fourth-order valence-electron chi connectivity index (χ4n) is 2.10. The summed E-state index contributed by atoms with van der Waals surface area (Å²) >= 11 is 0. The topological polar surface area (TPSA) is 36.9 Å². The zero-order valence-corrected chi connectivity index (χ0v) is 15.9. The van der Waals surface area contributed by atoms with Gasteiger partial charge in [-0.2, -0.15) is 0 Å². The molecule has 0 aromatic heterocycles. The molecule has 0 radical (unpaired) electrons. The molecule has 0 aliphatic carbocycles. The number of aliphatic imine (C=N–C) groups is 1. The number of methoxy groups -OCH3 is 1. The zero-order chi connectivity index (χ0) is 14.8. The number of rotatable bonds is 7. The van der Waals surface area contributed by atoms with E-state index < -0.39 is 0 Å². The molecule has 0 spiro atoms. The highest BCUT2D eigenvalue weighted by atomic mass is 127. The van der Waals surface area contributed by atoms with Gasteiger partial charge in [-0.1, -0.05) is 31.5 Å². The fourth-order valence-corrected chi connectivity index (χ4v) is 2.10. The Kier molecular flexibility index (Phi) is 11.1. The second-order valence-electron chi connectivity index (χ2n) is 4.81. The largest absolute Gasteiger partial charge is 0.496 e. The highest BCUT2D eigenvalue weighted by molar-refractivity contribution is 14.0. The molecule has 21 heavy (non-hydrogen) atoms. The molecule has 0 saturated carbocycles. The number of halogens is 1. The van der Waals surface area contributed by atoms with E-state index in [1.807, 2.05) is 25.2 Å². The predicted octanol–water partition coefficient (Wildman–Crippen LogP) is 3.16. The van der Waals surface area contributed by atoms with Crippen LogP contribution in [0.4, 0.5) is 0 Å². The van der Waals surface area contributed by atoms with Crippen molar-refractivity contribution in [3.8, 4) is 5.75 Å². The number of nitrogens with one attached hydrogen (secondary N) is 1.